The Morgan fingerprint density at radius 1 is 1.14 bits per heavy atom. The largest absolute Gasteiger partial charge is 0.361 e. The number of hydrogen-bond donors (Lipinski definition) is 1. The first-order chi connectivity index (χ1) is 16.7. The fourth-order valence-electron chi connectivity index (χ4n) is 3.63. The minimum absolute atomic E-state index is 0.138. The summed E-state index contributed by atoms with van der Waals surface area (Å²) in [7, 11) is 0. The maximum absolute atomic E-state index is 13.6. The molecule has 0 aliphatic heterocycles. The van der Waals surface area contributed by atoms with Gasteiger partial charge in [0.2, 0.25) is 5.91 Å². The first-order valence-electron chi connectivity index (χ1n) is 11.1. The standard InChI is InChI=1S/C25H24FN7O2/c1-15-11-18(31-35-15)12-32-14-27-22(16-5-7-17(26)8-6-16)23(32)19-9-10-21-28-20(13-33(21)30-19)29-24(34)25(2,3)4/h5-11,13-14H,12H2,1-4H3,(H,29,34). The Bertz CT molecular complexity index is 1520. The smallest absolute Gasteiger partial charge is 0.230 e. The van der Waals surface area contributed by atoms with Crippen LogP contribution in [0.3, 0.4) is 0 Å². The van der Waals surface area contributed by atoms with E-state index in [-0.39, 0.29) is 11.7 Å². The Morgan fingerprint density at radius 2 is 1.91 bits per heavy atom. The topological polar surface area (TPSA) is 103 Å². The van der Waals surface area contributed by atoms with Crippen LogP contribution in [0.1, 0.15) is 32.2 Å². The van der Waals surface area contributed by atoms with Gasteiger partial charge in [-0.05, 0) is 43.3 Å². The maximum Gasteiger partial charge on any atom is 0.230 e. The van der Waals surface area contributed by atoms with Crippen LogP contribution in [0, 0.1) is 18.2 Å². The number of rotatable bonds is 5. The van der Waals surface area contributed by atoms with E-state index >= 15 is 0 Å². The molecule has 1 aromatic carbocycles. The van der Waals surface area contributed by atoms with E-state index in [0.29, 0.717) is 35.2 Å². The molecule has 4 aromatic heterocycles. The summed E-state index contributed by atoms with van der Waals surface area (Å²) >= 11 is 0. The number of halogens is 1. The fraction of sp³-hybridized carbons (Fsp3) is 0.240. The molecule has 9 nitrogen and oxygen atoms in total. The van der Waals surface area contributed by atoms with Crippen molar-refractivity contribution in [2.24, 2.45) is 5.41 Å². The second-order valence-corrected chi connectivity index (χ2v) is 9.36. The summed E-state index contributed by atoms with van der Waals surface area (Å²) in [6.07, 6.45) is 3.37. The van der Waals surface area contributed by atoms with E-state index in [4.69, 9.17) is 9.62 Å². The van der Waals surface area contributed by atoms with Crippen LogP contribution in [0.15, 0.2) is 59.5 Å². The van der Waals surface area contributed by atoms with E-state index in [9.17, 15) is 9.18 Å². The predicted molar refractivity (Wildman–Crippen MR) is 128 cm³/mol. The Balaban J connectivity index is 1.58. The first kappa shape index (κ1) is 22.5. The molecule has 5 rings (SSSR count). The summed E-state index contributed by atoms with van der Waals surface area (Å²) in [4.78, 5) is 21.4. The van der Waals surface area contributed by atoms with Gasteiger partial charge in [-0.1, -0.05) is 25.9 Å². The van der Waals surface area contributed by atoms with Crippen LogP contribution >= 0.6 is 0 Å². The maximum atomic E-state index is 13.6. The molecule has 0 fully saturated rings. The van der Waals surface area contributed by atoms with Gasteiger partial charge in [-0.15, -0.1) is 0 Å². The normalized spacial score (nSPS) is 11.8. The Morgan fingerprint density at radius 3 is 2.60 bits per heavy atom. The second kappa shape index (κ2) is 8.46. The molecule has 0 saturated carbocycles. The third kappa shape index (κ3) is 4.54. The van der Waals surface area contributed by atoms with Crippen molar-refractivity contribution in [2.75, 3.05) is 5.32 Å². The van der Waals surface area contributed by atoms with E-state index in [0.717, 1.165) is 17.0 Å². The average Bonchev–Trinajstić information content (AvgIpc) is 3.51. The number of benzene rings is 1. The van der Waals surface area contributed by atoms with Crippen molar-refractivity contribution in [1.29, 1.82) is 0 Å². The lowest BCUT2D eigenvalue weighted by atomic mass is 9.96. The fourth-order valence-corrected chi connectivity index (χ4v) is 3.63. The summed E-state index contributed by atoms with van der Waals surface area (Å²) in [6.45, 7) is 7.76. The molecule has 0 spiro atoms. The zero-order valence-electron chi connectivity index (χ0n) is 19.8. The van der Waals surface area contributed by atoms with E-state index in [2.05, 4.69) is 20.4 Å². The van der Waals surface area contributed by atoms with Crippen molar-refractivity contribution < 1.29 is 13.7 Å². The highest BCUT2D eigenvalue weighted by molar-refractivity contribution is 5.93. The highest BCUT2D eigenvalue weighted by Gasteiger charge is 2.23. The van der Waals surface area contributed by atoms with E-state index < -0.39 is 5.41 Å². The molecule has 4 heterocycles. The van der Waals surface area contributed by atoms with Crippen LogP contribution in [-0.4, -0.2) is 35.2 Å². The third-order valence-electron chi connectivity index (χ3n) is 5.45. The van der Waals surface area contributed by atoms with Gasteiger partial charge in [0.05, 0.1) is 30.5 Å². The van der Waals surface area contributed by atoms with Crippen molar-refractivity contribution in [2.45, 2.75) is 34.2 Å². The number of fused-ring (bicyclic) bond motifs is 1. The number of amides is 1. The van der Waals surface area contributed by atoms with Crippen LogP contribution in [0.25, 0.3) is 28.3 Å². The number of aromatic nitrogens is 6. The number of hydrogen-bond acceptors (Lipinski definition) is 6. The predicted octanol–water partition coefficient (Wildman–Crippen LogP) is 4.73. The molecule has 1 amide bonds. The molecule has 10 heteroatoms. The summed E-state index contributed by atoms with van der Waals surface area (Å²) in [6, 6.07) is 11.7. The van der Waals surface area contributed by atoms with Crippen molar-refractivity contribution >= 4 is 17.4 Å². The second-order valence-electron chi connectivity index (χ2n) is 9.36. The summed E-state index contributed by atoms with van der Waals surface area (Å²) in [5.41, 5.74) is 3.53. The summed E-state index contributed by atoms with van der Waals surface area (Å²) in [5, 5.41) is 11.7. The number of anilines is 1. The molecule has 0 aliphatic rings. The molecule has 35 heavy (non-hydrogen) atoms. The highest BCUT2D eigenvalue weighted by atomic mass is 19.1. The van der Waals surface area contributed by atoms with E-state index in [1.54, 1.807) is 29.2 Å². The van der Waals surface area contributed by atoms with Crippen molar-refractivity contribution in [1.82, 2.24) is 29.3 Å². The van der Waals surface area contributed by atoms with Gasteiger partial charge in [-0.3, -0.25) is 4.79 Å². The molecule has 5 aromatic rings. The molecule has 0 bridgehead atoms. The number of nitrogens with zero attached hydrogens (tertiary/aromatic N) is 6. The zero-order chi connectivity index (χ0) is 24.7. The first-order valence-corrected chi connectivity index (χ1v) is 11.1. The summed E-state index contributed by atoms with van der Waals surface area (Å²) < 4.78 is 22.3. The number of aryl methyl sites for hydroxylation is 1. The molecule has 178 valence electrons. The van der Waals surface area contributed by atoms with Gasteiger partial charge in [0.1, 0.15) is 23.0 Å². The van der Waals surface area contributed by atoms with Crippen molar-refractivity contribution in [3.05, 3.63) is 72.3 Å². The molecule has 0 atom stereocenters. The Kier molecular flexibility index (Phi) is 5.43. The highest BCUT2D eigenvalue weighted by Crippen LogP contribution is 2.31. The minimum atomic E-state index is -0.551. The van der Waals surface area contributed by atoms with Crippen LogP contribution in [0.5, 0.6) is 0 Å². The van der Waals surface area contributed by atoms with Crippen molar-refractivity contribution in [3.63, 3.8) is 0 Å². The Hall–Kier alpha value is -4.34. The van der Waals surface area contributed by atoms with E-state index in [1.807, 2.05) is 50.5 Å². The Labute approximate surface area is 200 Å². The average molecular weight is 474 g/mol. The zero-order valence-corrected chi connectivity index (χ0v) is 19.8. The third-order valence-corrected chi connectivity index (χ3v) is 5.45. The number of carbonyl (C=O) groups excluding carboxylic acids is 1. The molecule has 0 unspecified atom stereocenters. The molecule has 1 N–H and O–H groups in total. The lowest BCUT2D eigenvalue weighted by Crippen LogP contribution is -2.27. The van der Waals surface area contributed by atoms with Gasteiger partial charge < -0.3 is 14.4 Å². The van der Waals surface area contributed by atoms with Crippen LogP contribution in [0.2, 0.25) is 0 Å². The van der Waals surface area contributed by atoms with Gasteiger partial charge >= 0.3 is 0 Å². The van der Waals surface area contributed by atoms with Gasteiger partial charge in [0.15, 0.2) is 11.5 Å². The number of nitrogens with one attached hydrogen (secondary N) is 1. The SMILES string of the molecule is Cc1cc(Cn2cnc(-c3ccc(F)cc3)c2-c2ccc3nc(NC(=O)C(C)(C)C)cn3n2)no1. The van der Waals surface area contributed by atoms with Gasteiger partial charge in [-0.25, -0.2) is 18.9 Å². The van der Waals surface area contributed by atoms with Gasteiger partial charge in [0, 0.05) is 17.0 Å². The van der Waals surface area contributed by atoms with Gasteiger partial charge in [-0.2, -0.15) is 5.10 Å². The lowest BCUT2D eigenvalue weighted by Gasteiger charge is -2.15. The lowest BCUT2D eigenvalue weighted by molar-refractivity contribution is -0.123. The quantitative estimate of drug-likeness (QED) is 0.396. The number of carbonyl (C=O) groups is 1. The number of imidazole rings is 2. The minimum Gasteiger partial charge on any atom is -0.361 e. The van der Waals surface area contributed by atoms with Gasteiger partial charge in [0.25, 0.3) is 0 Å². The van der Waals surface area contributed by atoms with Crippen molar-refractivity contribution in [3.8, 4) is 22.6 Å². The van der Waals surface area contributed by atoms with Crippen LogP contribution in [-0.2, 0) is 11.3 Å². The van der Waals surface area contributed by atoms with Crippen LogP contribution in [0.4, 0.5) is 10.2 Å². The van der Waals surface area contributed by atoms with E-state index in [1.165, 1.54) is 12.1 Å². The molecular weight excluding hydrogens is 449 g/mol. The molecule has 0 saturated heterocycles. The summed E-state index contributed by atoms with van der Waals surface area (Å²) in [5.74, 6) is 0.666. The molecule has 0 radical (unpaired) electrons. The van der Waals surface area contributed by atoms with Crippen LogP contribution < -0.4 is 5.32 Å². The molecule has 0 aliphatic carbocycles. The molecular formula is C25H24FN7O2. The monoisotopic (exact) mass is 473 g/mol.